The van der Waals surface area contributed by atoms with Gasteiger partial charge in [0.25, 0.3) is 5.69 Å². The number of hydrogen-bond donors (Lipinski definition) is 0. The molecule has 1 aliphatic rings. The Morgan fingerprint density at radius 1 is 1.18 bits per heavy atom. The highest BCUT2D eigenvalue weighted by Gasteiger charge is 2.39. The summed E-state index contributed by atoms with van der Waals surface area (Å²) in [6.45, 7) is 1.86. The second-order valence-electron chi connectivity index (χ2n) is 6.15. The lowest BCUT2D eigenvalue weighted by Gasteiger charge is -2.25. The van der Waals surface area contributed by atoms with Gasteiger partial charge in [0, 0.05) is 29.5 Å². The summed E-state index contributed by atoms with van der Waals surface area (Å²) in [5.74, 6) is 1.74. The van der Waals surface area contributed by atoms with E-state index < -0.39 is 20.3 Å². The summed E-state index contributed by atoms with van der Waals surface area (Å²) in [6.07, 6.45) is 0. The number of hydrogen-bond acceptors (Lipinski definition) is 7. The molecule has 2 aromatic rings. The molecule has 1 aliphatic heterocycles. The largest absolute Gasteiger partial charge is 0.497 e. The molecule has 0 saturated carbocycles. The number of nitro groups is 1. The van der Waals surface area contributed by atoms with Crippen LogP contribution >= 0.6 is 11.8 Å². The molecule has 0 aliphatic carbocycles. The van der Waals surface area contributed by atoms with Gasteiger partial charge in [-0.1, -0.05) is 6.07 Å². The van der Waals surface area contributed by atoms with Gasteiger partial charge in [-0.15, -0.1) is 11.8 Å². The average Bonchev–Trinajstić information content (AvgIpc) is 3.18. The van der Waals surface area contributed by atoms with Gasteiger partial charge in [0.2, 0.25) is 10.0 Å². The maximum absolute atomic E-state index is 13.3. The van der Waals surface area contributed by atoms with E-state index in [1.165, 1.54) is 42.4 Å². The molecule has 1 atom stereocenters. The molecule has 0 unspecified atom stereocenters. The molecule has 1 heterocycles. The van der Waals surface area contributed by atoms with Gasteiger partial charge in [0.05, 0.1) is 29.4 Å². The summed E-state index contributed by atoms with van der Waals surface area (Å²) in [5.41, 5.74) is 0.865. The number of rotatable bonds is 6. The van der Waals surface area contributed by atoms with Crippen LogP contribution in [-0.4, -0.2) is 44.2 Å². The Labute approximate surface area is 167 Å². The quantitative estimate of drug-likeness (QED) is 0.518. The van der Waals surface area contributed by atoms with Crippen molar-refractivity contribution in [1.82, 2.24) is 4.31 Å². The SMILES string of the molecule is COc1ccc(OC)c([C@H]2SCCN2S(=O)(=O)c2ccc(C)c([N+](=O)[O-])c2)c1. The molecule has 10 heteroatoms. The highest BCUT2D eigenvalue weighted by molar-refractivity contribution is 8.01. The van der Waals surface area contributed by atoms with Crippen molar-refractivity contribution in [2.45, 2.75) is 17.2 Å². The molecular formula is C18H20N2O6S2. The monoisotopic (exact) mass is 424 g/mol. The Hall–Kier alpha value is -2.30. The van der Waals surface area contributed by atoms with E-state index in [4.69, 9.17) is 9.47 Å². The molecule has 150 valence electrons. The predicted molar refractivity (Wildman–Crippen MR) is 106 cm³/mol. The highest BCUT2D eigenvalue weighted by Crippen LogP contribution is 2.45. The Bertz CT molecular complexity index is 1010. The minimum absolute atomic E-state index is 0.0980. The zero-order valence-electron chi connectivity index (χ0n) is 15.6. The first-order valence-electron chi connectivity index (χ1n) is 8.40. The van der Waals surface area contributed by atoms with Crippen molar-refractivity contribution in [3.05, 3.63) is 57.6 Å². The first kappa shape index (κ1) is 20.4. The summed E-state index contributed by atoms with van der Waals surface area (Å²) in [5, 5.41) is 10.7. The van der Waals surface area contributed by atoms with Gasteiger partial charge < -0.3 is 9.47 Å². The molecule has 0 N–H and O–H groups in total. The fourth-order valence-electron chi connectivity index (χ4n) is 3.06. The normalized spacial score (nSPS) is 17.5. The number of sulfonamides is 1. The first-order chi connectivity index (χ1) is 13.3. The van der Waals surface area contributed by atoms with E-state index in [9.17, 15) is 18.5 Å². The third kappa shape index (κ3) is 3.67. The third-order valence-corrected chi connectivity index (χ3v) is 7.77. The Kier molecular flexibility index (Phi) is 5.82. The van der Waals surface area contributed by atoms with Gasteiger partial charge in [0.15, 0.2) is 0 Å². The third-order valence-electron chi connectivity index (χ3n) is 4.54. The van der Waals surface area contributed by atoms with E-state index in [1.807, 2.05) is 0 Å². The maximum Gasteiger partial charge on any atom is 0.273 e. The van der Waals surface area contributed by atoms with Crippen LogP contribution in [0.4, 0.5) is 5.69 Å². The van der Waals surface area contributed by atoms with Gasteiger partial charge in [-0.25, -0.2) is 8.42 Å². The van der Waals surface area contributed by atoms with Crippen molar-refractivity contribution in [3.63, 3.8) is 0 Å². The molecule has 0 bridgehead atoms. The summed E-state index contributed by atoms with van der Waals surface area (Å²) >= 11 is 1.46. The van der Waals surface area contributed by atoms with Crippen molar-refractivity contribution < 1.29 is 22.8 Å². The number of methoxy groups -OCH3 is 2. The van der Waals surface area contributed by atoms with Crippen LogP contribution in [0.5, 0.6) is 11.5 Å². The van der Waals surface area contributed by atoms with Gasteiger partial charge >= 0.3 is 0 Å². The molecule has 3 rings (SSSR count). The van der Waals surface area contributed by atoms with Gasteiger partial charge in [-0.05, 0) is 31.2 Å². The van der Waals surface area contributed by atoms with E-state index in [1.54, 1.807) is 25.1 Å². The fraction of sp³-hybridized carbons (Fsp3) is 0.333. The Morgan fingerprint density at radius 2 is 1.93 bits per heavy atom. The van der Waals surface area contributed by atoms with Gasteiger partial charge in [-0.2, -0.15) is 4.31 Å². The predicted octanol–water partition coefficient (Wildman–Crippen LogP) is 3.36. The first-order valence-corrected chi connectivity index (χ1v) is 10.9. The maximum atomic E-state index is 13.3. The average molecular weight is 425 g/mol. The van der Waals surface area contributed by atoms with Gasteiger partial charge in [0.1, 0.15) is 11.5 Å². The van der Waals surface area contributed by atoms with Gasteiger partial charge in [-0.3, -0.25) is 10.1 Å². The minimum Gasteiger partial charge on any atom is -0.497 e. The lowest BCUT2D eigenvalue weighted by atomic mass is 10.2. The second kappa shape index (κ2) is 7.98. The molecule has 28 heavy (non-hydrogen) atoms. The van der Waals surface area contributed by atoms with Crippen LogP contribution in [-0.2, 0) is 10.0 Å². The molecule has 0 amide bonds. The van der Waals surface area contributed by atoms with Crippen molar-refractivity contribution in [1.29, 1.82) is 0 Å². The lowest BCUT2D eigenvalue weighted by Crippen LogP contribution is -2.30. The second-order valence-corrected chi connectivity index (χ2v) is 9.23. The van der Waals surface area contributed by atoms with Crippen LogP contribution in [0.1, 0.15) is 16.5 Å². The molecule has 1 saturated heterocycles. The van der Waals surface area contributed by atoms with Crippen molar-refractivity contribution in [2.24, 2.45) is 0 Å². The topological polar surface area (TPSA) is 99.0 Å². The van der Waals surface area contributed by atoms with E-state index >= 15 is 0 Å². The van der Waals surface area contributed by atoms with Crippen molar-refractivity contribution in [2.75, 3.05) is 26.5 Å². The molecule has 0 aromatic heterocycles. The Balaban J connectivity index is 2.06. The van der Waals surface area contributed by atoms with Crippen LogP contribution in [0.3, 0.4) is 0 Å². The smallest absolute Gasteiger partial charge is 0.273 e. The summed E-state index contributed by atoms with van der Waals surface area (Å²) in [6, 6.07) is 9.20. The van der Waals surface area contributed by atoms with Crippen molar-refractivity contribution in [3.8, 4) is 11.5 Å². The van der Waals surface area contributed by atoms with E-state index in [0.717, 1.165) is 6.07 Å². The van der Waals surface area contributed by atoms with E-state index in [0.29, 0.717) is 34.9 Å². The molecule has 2 aromatic carbocycles. The standard InChI is InChI=1S/C18H20N2O6S2/c1-12-4-6-14(11-16(12)20(21)22)28(23,24)19-8-9-27-18(19)15-10-13(25-2)5-7-17(15)26-3/h4-7,10-11,18H,8-9H2,1-3H3/t18-/m1/s1. The summed E-state index contributed by atoms with van der Waals surface area (Å²) < 4.78 is 38.6. The van der Waals surface area contributed by atoms with Crippen molar-refractivity contribution >= 4 is 27.5 Å². The number of nitrogens with zero attached hydrogens (tertiary/aromatic N) is 2. The fourth-order valence-corrected chi connectivity index (χ4v) is 6.33. The molecule has 0 spiro atoms. The van der Waals surface area contributed by atoms with Crippen LogP contribution < -0.4 is 9.47 Å². The van der Waals surface area contributed by atoms with Crippen LogP contribution in [0.15, 0.2) is 41.3 Å². The summed E-state index contributed by atoms with van der Waals surface area (Å²) in [4.78, 5) is 10.6. The van der Waals surface area contributed by atoms with Crippen LogP contribution in [0, 0.1) is 17.0 Å². The zero-order chi connectivity index (χ0) is 20.5. The number of benzene rings is 2. The van der Waals surface area contributed by atoms with Crippen LogP contribution in [0.25, 0.3) is 0 Å². The number of aryl methyl sites for hydroxylation is 1. The molecular weight excluding hydrogens is 404 g/mol. The molecule has 8 nitrogen and oxygen atoms in total. The summed E-state index contributed by atoms with van der Waals surface area (Å²) in [7, 11) is -0.886. The van der Waals surface area contributed by atoms with E-state index in [2.05, 4.69) is 0 Å². The number of ether oxygens (including phenoxy) is 2. The number of thioether (sulfide) groups is 1. The molecule has 0 radical (unpaired) electrons. The Morgan fingerprint density at radius 3 is 2.57 bits per heavy atom. The van der Waals surface area contributed by atoms with Crippen LogP contribution in [0.2, 0.25) is 0 Å². The minimum atomic E-state index is -3.94. The molecule has 1 fully saturated rings. The van der Waals surface area contributed by atoms with E-state index in [-0.39, 0.29) is 10.6 Å². The number of nitro benzene ring substituents is 1. The highest BCUT2D eigenvalue weighted by atomic mass is 32.2. The lowest BCUT2D eigenvalue weighted by molar-refractivity contribution is -0.385. The zero-order valence-corrected chi connectivity index (χ0v) is 17.2.